The van der Waals surface area contributed by atoms with E-state index < -0.39 is 5.88 Å². The van der Waals surface area contributed by atoms with Crippen molar-refractivity contribution in [2.45, 2.75) is 0 Å². The van der Waals surface area contributed by atoms with Crippen molar-refractivity contribution in [1.82, 2.24) is 19.4 Å². The van der Waals surface area contributed by atoms with Crippen LogP contribution in [0.4, 0.5) is 0 Å². The summed E-state index contributed by atoms with van der Waals surface area (Å²) in [6.07, 6.45) is 4.31. The van der Waals surface area contributed by atoms with Crippen LogP contribution in [0.25, 0.3) is 17.0 Å². The van der Waals surface area contributed by atoms with Crippen molar-refractivity contribution in [3.8, 4) is 23.0 Å². The van der Waals surface area contributed by atoms with Crippen LogP contribution < -0.4 is 0 Å². The van der Waals surface area contributed by atoms with E-state index in [2.05, 4.69) is 15.0 Å². The molecule has 0 radical (unpaired) electrons. The van der Waals surface area contributed by atoms with E-state index in [0.29, 0.717) is 5.02 Å². The minimum atomic E-state index is -0.409. The molecule has 0 aliphatic rings. The summed E-state index contributed by atoms with van der Waals surface area (Å²) in [5.41, 5.74) is 0.205. The van der Waals surface area contributed by atoms with Gasteiger partial charge in [-0.2, -0.15) is 4.98 Å². The zero-order chi connectivity index (χ0) is 13.6. The second-order valence-corrected chi connectivity index (χ2v) is 4.56. The number of aromatic hydroxyl groups is 2. The third-order valence-electron chi connectivity index (χ3n) is 2.55. The molecule has 0 fully saturated rings. The van der Waals surface area contributed by atoms with E-state index in [1.54, 1.807) is 0 Å². The normalized spacial score (nSPS) is 11.1. The van der Waals surface area contributed by atoms with Gasteiger partial charge < -0.3 is 10.2 Å². The molecule has 3 rings (SSSR count). The Balaban J connectivity index is 2.35. The van der Waals surface area contributed by atoms with E-state index in [9.17, 15) is 10.2 Å². The highest BCUT2D eigenvalue weighted by molar-refractivity contribution is 6.36. The molecule has 3 aromatic rings. The highest BCUT2D eigenvalue weighted by Crippen LogP contribution is 2.38. The zero-order valence-electron chi connectivity index (χ0n) is 9.25. The highest BCUT2D eigenvalue weighted by Gasteiger charge is 2.20. The van der Waals surface area contributed by atoms with Gasteiger partial charge in [0, 0.05) is 18.6 Å². The van der Waals surface area contributed by atoms with Gasteiger partial charge in [0.2, 0.25) is 17.5 Å². The second kappa shape index (κ2) is 4.25. The van der Waals surface area contributed by atoms with Crippen molar-refractivity contribution in [1.29, 1.82) is 0 Å². The second-order valence-electron chi connectivity index (χ2n) is 3.72. The summed E-state index contributed by atoms with van der Waals surface area (Å²) in [4.78, 5) is 11.7. The molecule has 0 unspecified atom stereocenters. The molecule has 0 atom stereocenters. The lowest BCUT2D eigenvalue weighted by Gasteiger charge is -2.09. The first-order valence-corrected chi connectivity index (χ1v) is 5.90. The molecule has 19 heavy (non-hydrogen) atoms. The van der Waals surface area contributed by atoms with Crippen LogP contribution in [0.5, 0.6) is 11.8 Å². The number of hydrogen-bond donors (Lipinski definition) is 2. The standard InChI is InChI=1S/C11H6Cl2N4O2/c12-5-3-6(13)8(15-4-5)7-9(18)16-11-14-1-2-17(11)10(7)19/h1-4,19H,(H,14,16,18). The SMILES string of the molecule is Oc1nc2nccn2c(O)c1-c1ncc(Cl)cc1Cl. The minimum absolute atomic E-state index is 0.0205. The van der Waals surface area contributed by atoms with E-state index in [1.165, 1.54) is 29.1 Å². The first-order chi connectivity index (χ1) is 9.08. The van der Waals surface area contributed by atoms with Crippen LogP contribution in [0, 0.1) is 0 Å². The molecule has 3 aromatic heterocycles. The molecule has 0 saturated heterocycles. The summed E-state index contributed by atoms with van der Waals surface area (Å²) in [7, 11) is 0. The molecule has 0 aliphatic carbocycles. The Morgan fingerprint density at radius 1 is 1.16 bits per heavy atom. The fourth-order valence-corrected chi connectivity index (χ4v) is 2.20. The maximum atomic E-state index is 10.2. The van der Waals surface area contributed by atoms with Gasteiger partial charge >= 0.3 is 0 Å². The van der Waals surface area contributed by atoms with Crippen molar-refractivity contribution in [3.63, 3.8) is 0 Å². The third-order valence-corrected chi connectivity index (χ3v) is 3.04. The van der Waals surface area contributed by atoms with Gasteiger partial charge in [-0.1, -0.05) is 23.2 Å². The lowest BCUT2D eigenvalue weighted by atomic mass is 10.2. The third kappa shape index (κ3) is 1.85. The van der Waals surface area contributed by atoms with Crippen LogP contribution in [-0.2, 0) is 0 Å². The van der Waals surface area contributed by atoms with Crippen LogP contribution in [-0.4, -0.2) is 29.6 Å². The van der Waals surface area contributed by atoms with E-state index >= 15 is 0 Å². The molecule has 8 heteroatoms. The largest absolute Gasteiger partial charge is 0.494 e. The van der Waals surface area contributed by atoms with Crippen molar-refractivity contribution in [2.24, 2.45) is 0 Å². The van der Waals surface area contributed by atoms with Gasteiger partial charge in [-0.25, -0.2) is 4.98 Å². The molecule has 0 amide bonds. The van der Waals surface area contributed by atoms with Gasteiger partial charge in [0.1, 0.15) is 5.56 Å². The molecule has 0 bridgehead atoms. The van der Waals surface area contributed by atoms with Crippen molar-refractivity contribution >= 4 is 29.0 Å². The van der Waals surface area contributed by atoms with E-state index in [1.807, 2.05) is 0 Å². The molecule has 0 saturated carbocycles. The Bertz CT molecular complexity index is 788. The Hall–Kier alpha value is -2.05. The summed E-state index contributed by atoms with van der Waals surface area (Å²) >= 11 is 11.8. The van der Waals surface area contributed by atoms with Crippen molar-refractivity contribution in [2.75, 3.05) is 0 Å². The van der Waals surface area contributed by atoms with Crippen LogP contribution in [0.1, 0.15) is 0 Å². The Morgan fingerprint density at radius 3 is 2.68 bits per heavy atom. The van der Waals surface area contributed by atoms with Gasteiger partial charge in [-0.3, -0.25) is 9.38 Å². The van der Waals surface area contributed by atoms with E-state index in [0.717, 1.165) is 0 Å². The zero-order valence-corrected chi connectivity index (χ0v) is 10.8. The fourth-order valence-electron chi connectivity index (χ4n) is 1.73. The lowest BCUT2D eigenvalue weighted by Crippen LogP contribution is -1.95. The number of nitrogens with zero attached hydrogens (tertiary/aromatic N) is 4. The van der Waals surface area contributed by atoms with Gasteiger partial charge in [0.05, 0.1) is 15.7 Å². The summed E-state index contributed by atoms with van der Waals surface area (Å²) < 4.78 is 1.31. The summed E-state index contributed by atoms with van der Waals surface area (Å²) in [5, 5.41) is 20.6. The van der Waals surface area contributed by atoms with Crippen molar-refractivity contribution < 1.29 is 10.2 Å². The molecule has 3 heterocycles. The molecule has 0 spiro atoms. The summed E-state index contributed by atoms with van der Waals surface area (Å²) in [6.45, 7) is 0. The number of fused-ring (bicyclic) bond motifs is 1. The summed E-state index contributed by atoms with van der Waals surface area (Å²) in [5.74, 6) is -0.492. The van der Waals surface area contributed by atoms with E-state index in [4.69, 9.17) is 23.2 Å². The van der Waals surface area contributed by atoms with Gasteiger partial charge in [-0.05, 0) is 6.07 Å². The van der Waals surface area contributed by atoms with Gasteiger partial charge in [-0.15, -0.1) is 0 Å². The Labute approximate surface area is 116 Å². The predicted molar refractivity (Wildman–Crippen MR) is 69.6 cm³/mol. The number of halogens is 2. The van der Waals surface area contributed by atoms with Crippen LogP contribution in [0.15, 0.2) is 24.7 Å². The Kier molecular flexibility index (Phi) is 2.69. The topological polar surface area (TPSA) is 83.5 Å². The average molecular weight is 297 g/mol. The molecule has 6 nitrogen and oxygen atoms in total. The van der Waals surface area contributed by atoms with Crippen LogP contribution in [0.2, 0.25) is 10.0 Å². The predicted octanol–water partition coefficient (Wildman–Crippen LogP) is 2.51. The van der Waals surface area contributed by atoms with E-state index in [-0.39, 0.29) is 27.9 Å². The smallest absolute Gasteiger partial charge is 0.239 e. The molecular formula is C11H6Cl2N4O2. The first kappa shape index (κ1) is 12.0. The Morgan fingerprint density at radius 2 is 1.95 bits per heavy atom. The maximum Gasteiger partial charge on any atom is 0.239 e. The summed E-state index contributed by atoms with van der Waals surface area (Å²) in [6, 6.07) is 1.46. The molecule has 96 valence electrons. The monoisotopic (exact) mass is 296 g/mol. The quantitative estimate of drug-likeness (QED) is 0.721. The number of pyridine rings is 1. The number of rotatable bonds is 1. The van der Waals surface area contributed by atoms with Crippen LogP contribution >= 0.6 is 23.2 Å². The fraction of sp³-hybridized carbons (Fsp3) is 0. The minimum Gasteiger partial charge on any atom is -0.494 e. The number of hydrogen-bond acceptors (Lipinski definition) is 5. The number of imidazole rings is 1. The number of aromatic nitrogens is 4. The van der Waals surface area contributed by atoms with Crippen LogP contribution in [0.3, 0.4) is 0 Å². The molecule has 0 aliphatic heterocycles. The molecular weight excluding hydrogens is 291 g/mol. The average Bonchev–Trinajstić information content (AvgIpc) is 2.80. The van der Waals surface area contributed by atoms with Gasteiger partial charge in [0.25, 0.3) is 0 Å². The highest BCUT2D eigenvalue weighted by atomic mass is 35.5. The van der Waals surface area contributed by atoms with Gasteiger partial charge in [0.15, 0.2) is 0 Å². The van der Waals surface area contributed by atoms with Crippen molar-refractivity contribution in [3.05, 3.63) is 34.7 Å². The lowest BCUT2D eigenvalue weighted by molar-refractivity contribution is 0.422. The first-order valence-electron chi connectivity index (χ1n) is 5.14. The molecule has 2 N–H and O–H groups in total. The molecule has 0 aromatic carbocycles. The maximum absolute atomic E-state index is 10.2.